The van der Waals surface area contributed by atoms with Gasteiger partial charge in [0.1, 0.15) is 0 Å². The lowest BCUT2D eigenvalue weighted by molar-refractivity contribution is -0.119. The first-order chi connectivity index (χ1) is 11.1. The van der Waals surface area contributed by atoms with E-state index in [0.29, 0.717) is 11.3 Å². The van der Waals surface area contributed by atoms with E-state index in [1.165, 1.54) is 11.8 Å². The fraction of sp³-hybridized carbons (Fsp3) is 0.529. The lowest BCUT2D eigenvalue weighted by atomic mass is 10.1. The van der Waals surface area contributed by atoms with Crippen LogP contribution in [0.1, 0.15) is 37.0 Å². The lowest BCUT2D eigenvalue weighted by Crippen LogP contribution is -2.42. The highest BCUT2D eigenvalue weighted by Crippen LogP contribution is 2.22. The maximum atomic E-state index is 12.5. The van der Waals surface area contributed by atoms with Crippen LogP contribution in [0.2, 0.25) is 0 Å². The molecule has 23 heavy (non-hydrogen) atoms. The smallest absolute Gasteiger partial charge is 0.252 e. The monoisotopic (exact) mass is 335 g/mol. The van der Waals surface area contributed by atoms with Crippen molar-refractivity contribution in [3.05, 3.63) is 29.8 Å². The molecule has 0 saturated carbocycles. The molecule has 5 nitrogen and oxygen atoms in total. The first-order valence-electron chi connectivity index (χ1n) is 8.09. The molecule has 2 amide bonds. The Kier molecular flexibility index (Phi) is 6.92. The van der Waals surface area contributed by atoms with Crippen LogP contribution in [0, 0.1) is 0 Å². The Morgan fingerprint density at radius 2 is 1.96 bits per heavy atom. The van der Waals surface area contributed by atoms with E-state index in [2.05, 4.69) is 16.0 Å². The van der Waals surface area contributed by atoms with Crippen LogP contribution in [0.5, 0.6) is 0 Å². The molecular weight excluding hydrogens is 310 g/mol. The van der Waals surface area contributed by atoms with Crippen LogP contribution in [0.4, 0.5) is 0 Å². The van der Waals surface area contributed by atoms with Crippen LogP contribution in [0.25, 0.3) is 0 Å². The summed E-state index contributed by atoms with van der Waals surface area (Å²) < 4.78 is 0. The topological polar surface area (TPSA) is 70.2 Å². The molecule has 1 aromatic carbocycles. The van der Waals surface area contributed by atoms with E-state index in [1.54, 1.807) is 0 Å². The molecule has 0 aliphatic carbocycles. The Hall–Kier alpha value is -1.53. The third-order valence-corrected chi connectivity index (χ3v) is 4.69. The number of thioether (sulfide) groups is 1. The first-order valence-corrected chi connectivity index (χ1v) is 9.07. The third kappa shape index (κ3) is 5.88. The second-order valence-corrected chi connectivity index (χ2v) is 7.02. The molecule has 0 spiro atoms. The molecule has 0 radical (unpaired) electrons. The molecule has 1 aliphatic heterocycles. The SMILES string of the molecule is CC(C)NC(=O)CSc1ccccc1C(=O)NC1CCNCC1. The lowest BCUT2D eigenvalue weighted by Gasteiger charge is -2.24. The summed E-state index contributed by atoms with van der Waals surface area (Å²) in [5.41, 5.74) is 0.647. The Labute approximate surface area is 142 Å². The van der Waals surface area contributed by atoms with E-state index in [1.807, 2.05) is 38.1 Å². The van der Waals surface area contributed by atoms with E-state index in [-0.39, 0.29) is 23.9 Å². The van der Waals surface area contributed by atoms with Gasteiger partial charge in [0, 0.05) is 17.0 Å². The van der Waals surface area contributed by atoms with Crippen LogP contribution in [-0.4, -0.2) is 42.7 Å². The first kappa shape index (κ1) is 17.8. The predicted octanol–water partition coefficient (Wildman–Crippen LogP) is 1.79. The minimum absolute atomic E-state index is 0.0152. The van der Waals surface area contributed by atoms with Gasteiger partial charge < -0.3 is 16.0 Å². The summed E-state index contributed by atoms with van der Waals surface area (Å²) in [6.07, 6.45) is 1.91. The zero-order chi connectivity index (χ0) is 16.7. The second kappa shape index (κ2) is 8.93. The summed E-state index contributed by atoms with van der Waals surface area (Å²) in [5, 5.41) is 9.25. The molecular formula is C17H25N3O2S. The zero-order valence-corrected chi connectivity index (χ0v) is 14.5. The number of amides is 2. The van der Waals surface area contributed by atoms with Gasteiger partial charge in [0.05, 0.1) is 11.3 Å². The minimum atomic E-state index is -0.0516. The van der Waals surface area contributed by atoms with Crippen LogP contribution in [0.15, 0.2) is 29.2 Å². The average Bonchev–Trinajstić information content (AvgIpc) is 2.53. The number of benzene rings is 1. The number of carbonyl (C=O) groups is 2. The molecule has 126 valence electrons. The van der Waals surface area contributed by atoms with Crippen LogP contribution in [0.3, 0.4) is 0 Å². The van der Waals surface area contributed by atoms with Crippen LogP contribution in [-0.2, 0) is 4.79 Å². The van der Waals surface area contributed by atoms with Crippen LogP contribution >= 0.6 is 11.8 Å². The summed E-state index contributed by atoms with van der Waals surface area (Å²) in [6.45, 7) is 5.75. The molecule has 1 fully saturated rings. The summed E-state index contributed by atoms with van der Waals surface area (Å²) in [6, 6.07) is 7.82. The largest absolute Gasteiger partial charge is 0.353 e. The van der Waals surface area contributed by atoms with Crippen molar-refractivity contribution in [1.29, 1.82) is 0 Å². The molecule has 2 rings (SSSR count). The van der Waals surface area contributed by atoms with Gasteiger partial charge in [-0.25, -0.2) is 0 Å². The van der Waals surface area contributed by atoms with Gasteiger partial charge in [-0.05, 0) is 51.9 Å². The van der Waals surface area contributed by atoms with Crippen molar-refractivity contribution in [2.24, 2.45) is 0 Å². The predicted molar refractivity (Wildman–Crippen MR) is 93.8 cm³/mol. The number of rotatable bonds is 6. The van der Waals surface area contributed by atoms with Gasteiger partial charge in [-0.1, -0.05) is 12.1 Å². The number of hydrogen-bond donors (Lipinski definition) is 3. The Bertz CT molecular complexity index is 542. The Morgan fingerprint density at radius 3 is 2.65 bits per heavy atom. The summed E-state index contributed by atoms with van der Waals surface area (Å²) in [7, 11) is 0. The maximum absolute atomic E-state index is 12.5. The Morgan fingerprint density at radius 1 is 1.26 bits per heavy atom. The van der Waals surface area contributed by atoms with Crippen molar-refractivity contribution in [2.75, 3.05) is 18.8 Å². The maximum Gasteiger partial charge on any atom is 0.252 e. The molecule has 6 heteroatoms. The molecule has 3 N–H and O–H groups in total. The highest BCUT2D eigenvalue weighted by molar-refractivity contribution is 8.00. The summed E-state index contributed by atoms with van der Waals surface area (Å²) in [4.78, 5) is 25.1. The molecule has 1 aromatic rings. The van der Waals surface area contributed by atoms with Gasteiger partial charge in [-0.2, -0.15) is 0 Å². The van der Waals surface area contributed by atoms with Crippen molar-refractivity contribution in [1.82, 2.24) is 16.0 Å². The minimum Gasteiger partial charge on any atom is -0.353 e. The average molecular weight is 335 g/mol. The van der Waals surface area contributed by atoms with Crippen LogP contribution < -0.4 is 16.0 Å². The molecule has 0 atom stereocenters. The van der Waals surface area contributed by atoms with Crippen molar-refractivity contribution >= 4 is 23.6 Å². The van der Waals surface area contributed by atoms with Gasteiger partial charge >= 0.3 is 0 Å². The molecule has 0 unspecified atom stereocenters. The van der Waals surface area contributed by atoms with E-state index in [9.17, 15) is 9.59 Å². The van der Waals surface area contributed by atoms with Crippen molar-refractivity contribution in [2.45, 2.75) is 43.7 Å². The molecule has 1 heterocycles. The van der Waals surface area contributed by atoms with E-state index >= 15 is 0 Å². The van der Waals surface area contributed by atoms with Crippen molar-refractivity contribution < 1.29 is 9.59 Å². The van der Waals surface area contributed by atoms with Crippen molar-refractivity contribution in [3.63, 3.8) is 0 Å². The second-order valence-electron chi connectivity index (χ2n) is 6.00. The summed E-state index contributed by atoms with van der Waals surface area (Å²) in [5.74, 6) is 0.248. The van der Waals surface area contributed by atoms with E-state index < -0.39 is 0 Å². The Balaban J connectivity index is 1.96. The number of carbonyl (C=O) groups excluding carboxylic acids is 2. The standard InChI is InChI=1S/C17H25N3O2S/c1-12(2)19-16(21)11-23-15-6-4-3-5-14(15)17(22)20-13-7-9-18-10-8-13/h3-6,12-13,18H,7-11H2,1-2H3,(H,19,21)(H,20,22). The highest BCUT2D eigenvalue weighted by atomic mass is 32.2. The molecule has 0 bridgehead atoms. The molecule has 0 aromatic heterocycles. The van der Waals surface area contributed by atoms with E-state index in [0.717, 1.165) is 30.8 Å². The number of hydrogen-bond acceptors (Lipinski definition) is 4. The number of nitrogens with one attached hydrogen (secondary N) is 3. The number of piperidine rings is 1. The van der Waals surface area contributed by atoms with Gasteiger partial charge in [0.2, 0.25) is 5.91 Å². The molecule has 1 saturated heterocycles. The van der Waals surface area contributed by atoms with E-state index in [4.69, 9.17) is 0 Å². The van der Waals surface area contributed by atoms with Gasteiger partial charge in [-0.3, -0.25) is 9.59 Å². The fourth-order valence-corrected chi connectivity index (χ4v) is 3.38. The zero-order valence-electron chi connectivity index (χ0n) is 13.7. The van der Waals surface area contributed by atoms with Gasteiger partial charge in [-0.15, -0.1) is 11.8 Å². The highest BCUT2D eigenvalue weighted by Gasteiger charge is 2.18. The summed E-state index contributed by atoms with van der Waals surface area (Å²) >= 11 is 1.40. The van der Waals surface area contributed by atoms with Gasteiger partial charge in [0.15, 0.2) is 0 Å². The van der Waals surface area contributed by atoms with Gasteiger partial charge in [0.25, 0.3) is 5.91 Å². The molecule has 1 aliphatic rings. The normalized spacial score (nSPS) is 15.4. The van der Waals surface area contributed by atoms with Crippen molar-refractivity contribution in [3.8, 4) is 0 Å². The third-order valence-electron chi connectivity index (χ3n) is 3.61. The quantitative estimate of drug-likeness (QED) is 0.693. The fourth-order valence-electron chi connectivity index (χ4n) is 2.52.